The van der Waals surface area contributed by atoms with Gasteiger partial charge in [0.2, 0.25) is 0 Å². The number of rotatable bonds is 10. The molecule has 0 spiro atoms. The van der Waals surface area contributed by atoms with E-state index in [1.807, 2.05) is 12.4 Å². The van der Waals surface area contributed by atoms with Gasteiger partial charge in [-0.3, -0.25) is 4.98 Å². The van der Waals surface area contributed by atoms with E-state index >= 15 is 0 Å². The molecule has 1 N–H and O–H groups in total. The number of nitrogens with one attached hydrogen (secondary N) is 1. The summed E-state index contributed by atoms with van der Waals surface area (Å²) >= 11 is 0. The Morgan fingerprint density at radius 3 is 2.57 bits per heavy atom. The second-order valence-electron chi connectivity index (χ2n) is 6.52. The molecule has 0 aromatic carbocycles. The molecule has 1 heterocycles. The molecule has 1 aromatic rings. The summed E-state index contributed by atoms with van der Waals surface area (Å²) in [5, 5.41) is 3.54. The zero-order chi connectivity index (χ0) is 15.7. The van der Waals surface area contributed by atoms with E-state index in [9.17, 15) is 0 Å². The van der Waals surface area contributed by atoms with Gasteiger partial charge in [-0.2, -0.15) is 0 Å². The first-order chi connectivity index (χ1) is 10.1. The molecule has 0 aliphatic heterocycles. The Labute approximate surface area is 131 Å². The molecular weight excluding hydrogens is 258 g/mol. The van der Waals surface area contributed by atoms with E-state index in [-0.39, 0.29) is 0 Å². The molecule has 1 aromatic heterocycles. The van der Waals surface area contributed by atoms with Gasteiger partial charge < -0.3 is 10.2 Å². The lowest BCUT2D eigenvalue weighted by Crippen LogP contribution is -2.33. The van der Waals surface area contributed by atoms with Crippen molar-refractivity contribution in [3.63, 3.8) is 0 Å². The Morgan fingerprint density at radius 1 is 1.19 bits per heavy atom. The third kappa shape index (κ3) is 6.47. The maximum Gasteiger partial charge on any atom is 0.0445 e. The van der Waals surface area contributed by atoms with Crippen molar-refractivity contribution in [3.05, 3.63) is 24.0 Å². The van der Waals surface area contributed by atoms with Crippen LogP contribution in [0.25, 0.3) is 0 Å². The topological polar surface area (TPSA) is 28.2 Å². The predicted molar refractivity (Wildman–Crippen MR) is 92.8 cm³/mol. The molecule has 0 bridgehead atoms. The Balaban J connectivity index is 2.76. The van der Waals surface area contributed by atoms with Gasteiger partial charge in [0, 0.05) is 42.8 Å². The summed E-state index contributed by atoms with van der Waals surface area (Å²) in [5.41, 5.74) is 2.65. The third-order valence-electron chi connectivity index (χ3n) is 3.68. The van der Waals surface area contributed by atoms with E-state index in [1.54, 1.807) is 0 Å². The maximum atomic E-state index is 4.31. The minimum Gasteiger partial charge on any atom is -0.369 e. The van der Waals surface area contributed by atoms with Crippen LogP contribution in [0.5, 0.6) is 0 Å². The number of anilines is 1. The largest absolute Gasteiger partial charge is 0.369 e. The maximum absolute atomic E-state index is 4.31. The molecule has 1 rings (SSSR count). The minimum absolute atomic E-state index is 0.521. The highest BCUT2D eigenvalue weighted by Gasteiger charge is 2.14. The van der Waals surface area contributed by atoms with Crippen LogP contribution >= 0.6 is 0 Å². The van der Waals surface area contributed by atoms with E-state index in [0.29, 0.717) is 12.0 Å². The molecule has 3 heteroatoms. The lowest BCUT2D eigenvalue weighted by Gasteiger charge is -2.31. The molecule has 0 aliphatic carbocycles. The predicted octanol–water partition coefficient (Wildman–Crippen LogP) is 4.23. The standard InChI is InChI=1S/C18H33N3/c1-6-7-8-11-21(16(4)5)18-9-10-19-13-17(18)14-20-12-15(2)3/h9-10,13,15-16,20H,6-8,11-12,14H2,1-5H3. The van der Waals surface area contributed by atoms with Crippen molar-refractivity contribution in [2.45, 2.75) is 66.5 Å². The zero-order valence-electron chi connectivity index (χ0n) is 14.5. The van der Waals surface area contributed by atoms with Crippen LogP contribution in [-0.2, 0) is 6.54 Å². The normalized spacial score (nSPS) is 11.4. The average Bonchev–Trinajstić information content (AvgIpc) is 2.44. The number of hydrogen-bond donors (Lipinski definition) is 1. The van der Waals surface area contributed by atoms with Crippen LogP contribution in [-0.4, -0.2) is 24.1 Å². The molecule has 0 atom stereocenters. The van der Waals surface area contributed by atoms with E-state index < -0.39 is 0 Å². The molecule has 120 valence electrons. The van der Waals surface area contributed by atoms with E-state index in [1.165, 1.54) is 30.5 Å². The van der Waals surface area contributed by atoms with E-state index in [0.717, 1.165) is 19.6 Å². The minimum atomic E-state index is 0.521. The van der Waals surface area contributed by atoms with Gasteiger partial charge in [0.05, 0.1) is 0 Å². The van der Waals surface area contributed by atoms with Gasteiger partial charge in [0.1, 0.15) is 0 Å². The summed E-state index contributed by atoms with van der Waals surface area (Å²) in [7, 11) is 0. The Kier molecular flexibility index (Phi) is 8.36. The summed E-state index contributed by atoms with van der Waals surface area (Å²) in [6, 6.07) is 2.69. The van der Waals surface area contributed by atoms with Crippen molar-refractivity contribution < 1.29 is 0 Å². The fraction of sp³-hybridized carbons (Fsp3) is 0.722. The van der Waals surface area contributed by atoms with Crippen molar-refractivity contribution >= 4 is 5.69 Å². The van der Waals surface area contributed by atoms with Gasteiger partial charge in [-0.05, 0) is 38.8 Å². The third-order valence-corrected chi connectivity index (χ3v) is 3.68. The highest BCUT2D eigenvalue weighted by atomic mass is 15.2. The van der Waals surface area contributed by atoms with Crippen LogP contribution in [0, 0.1) is 5.92 Å². The van der Waals surface area contributed by atoms with Crippen LogP contribution in [0.4, 0.5) is 5.69 Å². The second-order valence-corrected chi connectivity index (χ2v) is 6.52. The summed E-state index contributed by atoms with van der Waals surface area (Å²) in [6.45, 7) is 14.4. The number of aromatic nitrogens is 1. The van der Waals surface area contributed by atoms with Crippen molar-refractivity contribution in [1.82, 2.24) is 10.3 Å². The highest BCUT2D eigenvalue weighted by Crippen LogP contribution is 2.22. The van der Waals surface area contributed by atoms with Crippen LogP contribution in [0.15, 0.2) is 18.5 Å². The molecule has 0 aliphatic rings. The van der Waals surface area contributed by atoms with Gasteiger partial charge in [0.25, 0.3) is 0 Å². The van der Waals surface area contributed by atoms with Crippen LogP contribution < -0.4 is 10.2 Å². The Bertz CT molecular complexity index is 388. The van der Waals surface area contributed by atoms with Gasteiger partial charge in [0.15, 0.2) is 0 Å². The molecule has 0 saturated heterocycles. The molecule has 0 unspecified atom stereocenters. The fourth-order valence-electron chi connectivity index (χ4n) is 2.52. The van der Waals surface area contributed by atoms with Gasteiger partial charge >= 0.3 is 0 Å². The molecule has 0 radical (unpaired) electrons. The average molecular weight is 291 g/mol. The van der Waals surface area contributed by atoms with Crippen molar-refractivity contribution in [3.8, 4) is 0 Å². The van der Waals surface area contributed by atoms with Crippen molar-refractivity contribution in [2.24, 2.45) is 5.92 Å². The lowest BCUT2D eigenvalue weighted by molar-refractivity contribution is 0.549. The van der Waals surface area contributed by atoms with E-state index in [2.05, 4.69) is 55.9 Å². The second kappa shape index (κ2) is 9.78. The number of unbranched alkanes of at least 4 members (excludes halogenated alkanes) is 2. The number of pyridine rings is 1. The summed E-state index contributed by atoms with van der Waals surface area (Å²) < 4.78 is 0. The van der Waals surface area contributed by atoms with Crippen molar-refractivity contribution in [2.75, 3.05) is 18.0 Å². The molecule has 3 nitrogen and oxygen atoms in total. The lowest BCUT2D eigenvalue weighted by atomic mass is 10.1. The van der Waals surface area contributed by atoms with Crippen LogP contribution in [0.3, 0.4) is 0 Å². The number of hydrogen-bond acceptors (Lipinski definition) is 3. The molecule has 0 amide bonds. The zero-order valence-corrected chi connectivity index (χ0v) is 14.5. The smallest absolute Gasteiger partial charge is 0.0445 e. The first-order valence-electron chi connectivity index (χ1n) is 8.46. The summed E-state index contributed by atoms with van der Waals surface area (Å²) in [5.74, 6) is 0.677. The fourth-order valence-corrected chi connectivity index (χ4v) is 2.52. The SMILES string of the molecule is CCCCCN(c1ccncc1CNCC(C)C)C(C)C. The van der Waals surface area contributed by atoms with Crippen molar-refractivity contribution in [1.29, 1.82) is 0 Å². The Hall–Kier alpha value is -1.09. The first-order valence-corrected chi connectivity index (χ1v) is 8.46. The first kappa shape index (κ1) is 18.0. The van der Waals surface area contributed by atoms with Gasteiger partial charge in [-0.15, -0.1) is 0 Å². The van der Waals surface area contributed by atoms with Crippen LogP contribution in [0.1, 0.15) is 59.4 Å². The molecule has 0 fully saturated rings. The van der Waals surface area contributed by atoms with Crippen LogP contribution in [0.2, 0.25) is 0 Å². The van der Waals surface area contributed by atoms with E-state index in [4.69, 9.17) is 0 Å². The quantitative estimate of drug-likeness (QED) is 0.654. The van der Waals surface area contributed by atoms with Gasteiger partial charge in [-0.25, -0.2) is 0 Å². The molecular formula is C18H33N3. The highest BCUT2D eigenvalue weighted by molar-refractivity contribution is 5.52. The monoisotopic (exact) mass is 291 g/mol. The molecule has 21 heavy (non-hydrogen) atoms. The van der Waals surface area contributed by atoms with Gasteiger partial charge in [-0.1, -0.05) is 33.6 Å². The number of nitrogens with zero attached hydrogens (tertiary/aromatic N) is 2. The summed E-state index contributed by atoms with van der Waals surface area (Å²) in [6.07, 6.45) is 7.75. The molecule has 0 saturated carbocycles. The summed E-state index contributed by atoms with van der Waals surface area (Å²) in [4.78, 5) is 6.83. The Morgan fingerprint density at radius 2 is 1.95 bits per heavy atom.